The fourth-order valence-corrected chi connectivity index (χ4v) is 2.21. The highest BCUT2D eigenvalue weighted by molar-refractivity contribution is 6.01. The van der Waals surface area contributed by atoms with Crippen molar-refractivity contribution in [3.05, 3.63) is 45.5 Å². The Kier molecular flexibility index (Phi) is 8.84. The summed E-state index contributed by atoms with van der Waals surface area (Å²) in [4.78, 5) is 22.1. The second-order valence-electron chi connectivity index (χ2n) is 5.54. The van der Waals surface area contributed by atoms with E-state index in [0.717, 1.165) is 19.3 Å². The molecule has 24 heavy (non-hydrogen) atoms. The first-order valence-electron chi connectivity index (χ1n) is 8.23. The van der Waals surface area contributed by atoms with Gasteiger partial charge in [-0.25, -0.2) is 0 Å². The molecular weight excluding hydrogens is 306 g/mol. The third-order valence-corrected chi connectivity index (χ3v) is 3.60. The van der Waals surface area contributed by atoms with Gasteiger partial charge in [-0.1, -0.05) is 39.0 Å². The molecule has 0 aliphatic rings. The van der Waals surface area contributed by atoms with Crippen LogP contribution in [0.5, 0.6) is 0 Å². The van der Waals surface area contributed by atoms with Crippen molar-refractivity contribution in [2.75, 3.05) is 6.54 Å². The normalized spacial score (nSPS) is 10.9. The third-order valence-electron chi connectivity index (χ3n) is 3.60. The van der Waals surface area contributed by atoms with Gasteiger partial charge in [0.25, 0.3) is 11.6 Å². The number of nitro benzene ring substituents is 1. The number of nitro groups is 1. The number of nitrogens with zero attached hydrogens (tertiary/aromatic N) is 2. The van der Waals surface area contributed by atoms with E-state index in [-0.39, 0.29) is 11.3 Å². The molecule has 6 heteroatoms. The van der Waals surface area contributed by atoms with Crippen LogP contribution in [-0.4, -0.2) is 17.4 Å². The Hall–Kier alpha value is -2.68. The van der Waals surface area contributed by atoms with Crippen LogP contribution in [0, 0.1) is 21.4 Å². The Morgan fingerprint density at radius 1 is 1.21 bits per heavy atom. The first-order valence-corrected chi connectivity index (χ1v) is 8.23. The second-order valence-corrected chi connectivity index (χ2v) is 5.54. The van der Waals surface area contributed by atoms with Gasteiger partial charge < -0.3 is 5.32 Å². The van der Waals surface area contributed by atoms with Crippen LogP contribution in [0.15, 0.2) is 29.8 Å². The highest BCUT2D eigenvalue weighted by atomic mass is 16.6. The first-order chi connectivity index (χ1) is 11.6. The lowest BCUT2D eigenvalue weighted by Crippen LogP contribution is -2.25. The number of hydrogen-bond acceptors (Lipinski definition) is 4. The van der Waals surface area contributed by atoms with Gasteiger partial charge in [-0.15, -0.1) is 0 Å². The summed E-state index contributed by atoms with van der Waals surface area (Å²) in [7, 11) is 0. The molecule has 0 atom stereocenters. The van der Waals surface area contributed by atoms with E-state index in [0.29, 0.717) is 12.1 Å². The molecule has 6 nitrogen and oxygen atoms in total. The summed E-state index contributed by atoms with van der Waals surface area (Å²) < 4.78 is 0. The topological polar surface area (TPSA) is 96.0 Å². The highest BCUT2D eigenvalue weighted by Crippen LogP contribution is 2.14. The van der Waals surface area contributed by atoms with E-state index in [9.17, 15) is 14.9 Å². The molecule has 0 unspecified atom stereocenters. The number of nitrogens with one attached hydrogen (secondary N) is 1. The standard InChI is InChI=1S/C18H23N3O3/c1-2-3-4-5-6-7-12-20-18(22)16(14-19)13-15-8-10-17(11-9-15)21(23)24/h8-11,13H,2-7,12H2,1H3,(H,20,22)/b16-13+. The van der Waals surface area contributed by atoms with E-state index in [1.807, 2.05) is 6.07 Å². The summed E-state index contributed by atoms with van der Waals surface area (Å²) in [5.74, 6) is -0.413. The summed E-state index contributed by atoms with van der Waals surface area (Å²) in [6.07, 6.45) is 8.21. The van der Waals surface area contributed by atoms with Gasteiger partial charge in [0.2, 0.25) is 0 Å². The van der Waals surface area contributed by atoms with Crippen LogP contribution in [0.25, 0.3) is 6.08 Å². The van der Waals surface area contributed by atoms with Crippen LogP contribution in [0.3, 0.4) is 0 Å². The van der Waals surface area contributed by atoms with E-state index < -0.39 is 10.8 Å². The molecule has 1 rings (SSSR count). The molecule has 0 radical (unpaired) electrons. The largest absolute Gasteiger partial charge is 0.351 e. The van der Waals surface area contributed by atoms with E-state index in [2.05, 4.69) is 12.2 Å². The quantitative estimate of drug-likeness (QED) is 0.231. The molecular formula is C18H23N3O3. The van der Waals surface area contributed by atoms with Crippen LogP contribution in [0.1, 0.15) is 51.0 Å². The van der Waals surface area contributed by atoms with Crippen molar-refractivity contribution in [1.29, 1.82) is 5.26 Å². The molecule has 0 bridgehead atoms. The van der Waals surface area contributed by atoms with Crippen molar-refractivity contribution in [3.63, 3.8) is 0 Å². The number of non-ortho nitro benzene ring substituents is 1. The Labute approximate surface area is 142 Å². The maximum Gasteiger partial charge on any atom is 0.269 e. The minimum atomic E-state index is -0.494. The second kappa shape index (κ2) is 10.9. The summed E-state index contributed by atoms with van der Waals surface area (Å²) in [6.45, 7) is 2.71. The highest BCUT2D eigenvalue weighted by Gasteiger charge is 2.09. The average molecular weight is 329 g/mol. The van der Waals surface area contributed by atoms with Gasteiger partial charge in [-0.05, 0) is 30.2 Å². The van der Waals surface area contributed by atoms with Crippen LogP contribution >= 0.6 is 0 Å². The molecule has 0 aliphatic heterocycles. The number of carbonyl (C=O) groups is 1. The Morgan fingerprint density at radius 2 is 1.83 bits per heavy atom. The van der Waals surface area contributed by atoms with Crippen molar-refractivity contribution in [3.8, 4) is 6.07 Å². The number of rotatable bonds is 10. The van der Waals surface area contributed by atoms with E-state index in [4.69, 9.17) is 5.26 Å². The van der Waals surface area contributed by atoms with E-state index in [1.54, 1.807) is 0 Å². The van der Waals surface area contributed by atoms with Crippen LogP contribution < -0.4 is 5.32 Å². The zero-order valence-electron chi connectivity index (χ0n) is 14.0. The molecule has 128 valence electrons. The van der Waals surface area contributed by atoms with Gasteiger partial charge >= 0.3 is 0 Å². The Balaban J connectivity index is 2.48. The van der Waals surface area contributed by atoms with Crippen molar-refractivity contribution >= 4 is 17.7 Å². The number of nitriles is 1. The summed E-state index contributed by atoms with van der Waals surface area (Å²) in [6, 6.07) is 7.58. The fourth-order valence-electron chi connectivity index (χ4n) is 2.21. The van der Waals surface area contributed by atoms with Gasteiger partial charge in [-0.3, -0.25) is 14.9 Å². The van der Waals surface area contributed by atoms with E-state index in [1.165, 1.54) is 49.6 Å². The zero-order chi connectivity index (χ0) is 17.8. The summed E-state index contributed by atoms with van der Waals surface area (Å²) >= 11 is 0. The van der Waals surface area contributed by atoms with Crippen molar-refractivity contribution < 1.29 is 9.72 Å². The SMILES string of the molecule is CCCCCCCCNC(=O)/C(C#N)=C/c1ccc([N+](=O)[O-])cc1. The molecule has 1 N–H and O–H groups in total. The molecule has 0 spiro atoms. The van der Waals surface area contributed by atoms with Crippen LogP contribution in [0.4, 0.5) is 5.69 Å². The zero-order valence-corrected chi connectivity index (χ0v) is 14.0. The fraction of sp³-hybridized carbons (Fsp3) is 0.444. The van der Waals surface area contributed by atoms with Crippen LogP contribution in [-0.2, 0) is 4.79 Å². The monoisotopic (exact) mass is 329 g/mol. The van der Waals surface area contributed by atoms with Crippen molar-refractivity contribution in [1.82, 2.24) is 5.32 Å². The number of hydrogen-bond donors (Lipinski definition) is 1. The van der Waals surface area contributed by atoms with Gasteiger partial charge in [-0.2, -0.15) is 5.26 Å². The van der Waals surface area contributed by atoms with Gasteiger partial charge in [0.15, 0.2) is 0 Å². The number of amides is 1. The lowest BCUT2D eigenvalue weighted by atomic mass is 10.1. The summed E-state index contributed by atoms with van der Waals surface area (Å²) in [5.41, 5.74) is 0.542. The number of carbonyl (C=O) groups excluding carboxylic acids is 1. The molecule has 0 saturated heterocycles. The van der Waals surface area contributed by atoms with Gasteiger partial charge in [0.1, 0.15) is 11.6 Å². The Morgan fingerprint density at radius 3 is 2.42 bits per heavy atom. The van der Waals surface area contributed by atoms with Gasteiger partial charge in [0.05, 0.1) is 4.92 Å². The molecule has 0 heterocycles. The van der Waals surface area contributed by atoms with Crippen molar-refractivity contribution in [2.24, 2.45) is 0 Å². The maximum atomic E-state index is 12.0. The molecule has 1 amide bonds. The van der Waals surface area contributed by atoms with Gasteiger partial charge in [0, 0.05) is 18.7 Å². The maximum absolute atomic E-state index is 12.0. The minimum Gasteiger partial charge on any atom is -0.351 e. The first kappa shape index (κ1) is 19.4. The molecule has 0 saturated carbocycles. The number of benzene rings is 1. The van der Waals surface area contributed by atoms with Crippen LogP contribution in [0.2, 0.25) is 0 Å². The smallest absolute Gasteiger partial charge is 0.269 e. The predicted molar refractivity (Wildman–Crippen MR) is 93.1 cm³/mol. The minimum absolute atomic E-state index is 0.00478. The predicted octanol–water partition coefficient (Wildman–Crippen LogP) is 3.98. The Bertz CT molecular complexity index is 615. The molecule has 0 fully saturated rings. The summed E-state index contributed by atoms with van der Waals surface area (Å²) in [5, 5.41) is 22.5. The molecule has 0 aliphatic carbocycles. The number of unbranched alkanes of at least 4 members (excludes halogenated alkanes) is 5. The van der Waals surface area contributed by atoms with Crippen molar-refractivity contribution in [2.45, 2.75) is 45.4 Å². The molecule has 1 aromatic rings. The van der Waals surface area contributed by atoms with E-state index >= 15 is 0 Å². The lowest BCUT2D eigenvalue weighted by Gasteiger charge is -2.04. The third kappa shape index (κ3) is 7.05. The molecule has 1 aromatic carbocycles. The molecule has 0 aromatic heterocycles. The lowest BCUT2D eigenvalue weighted by molar-refractivity contribution is -0.384. The average Bonchev–Trinajstić information content (AvgIpc) is 2.59.